The van der Waals surface area contributed by atoms with Crippen LogP contribution in [0.2, 0.25) is 0 Å². The Labute approximate surface area is 140 Å². The van der Waals surface area contributed by atoms with Gasteiger partial charge in [0.15, 0.2) is 5.82 Å². The van der Waals surface area contributed by atoms with Gasteiger partial charge >= 0.3 is 0 Å². The number of aromatic nitrogens is 4. The number of carbonyl (C=O) groups is 1. The molecule has 1 saturated heterocycles. The zero-order valence-corrected chi connectivity index (χ0v) is 14.2. The molecule has 122 valence electrons. The Hall–Kier alpha value is -1.89. The van der Waals surface area contributed by atoms with Gasteiger partial charge in [-0.15, -0.1) is 5.10 Å². The molecular formula is C16H21N5OS. The molecule has 2 aromatic heterocycles. The molecule has 0 spiro atoms. The minimum Gasteiger partial charge on any atom is -0.341 e. The quantitative estimate of drug-likeness (QED) is 0.871. The van der Waals surface area contributed by atoms with Crippen LogP contribution in [-0.2, 0) is 4.79 Å². The maximum absolute atomic E-state index is 12.4. The second-order valence-electron chi connectivity index (χ2n) is 6.24. The van der Waals surface area contributed by atoms with Gasteiger partial charge in [-0.3, -0.25) is 14.9 Å². The van der Waals surface area contributed by atoms with Crippen molar-refractivity contribution in [3.05, 3.63) is 24.5 Å². The fourth-order valence-electron chi connectivity index (χ4n) is 3.03. The van der Waals surface area contributed by atoms with E-state index in [2.05, 4.69) is 34.0 Å². The molecule has 1 amide bonds. The van der Waals surface area contributed by atoms with Gasteiger partial charge < -0.3 is 4.90 Å². The number of likely N-dealkylation sites (tertiary alicyclic amines) is 1. The van der Waals surface area contributed by atoms with Crippen LogP contribution in [0, 0.1) is 11.8 Å². The van der Waals surface area contributed by atoms with Crippen molar-refractivity contribution in [1.82, 2.24) is 25.1 Å². The second kappa shape index (κ2) is 7.12. The average Bonchev–Trinajstić information content (AvgIpc) is 3.01. The molecule has 0 aromatic carbocycles. The van der Waals surface area contributed by atoms with Crippen molar-refractivity contribution in [3.8, 4) is 11.4 Å². The number of aromatic amines is 1. The number of hydrogen-bond acceptors (Lipinski definition) is 5. The third-order valence-electron chi connectivity index (χ3n) is 3.96. The molecule has 0 bridgehead atoms. The van der Waals surface area contributed by atoms with E-state index in [1.165, 1.54) is 18.2 Å². The lowest BCUT2D eigenvalue weighted by atomic mass is 9.92. The number of nitrogens with one attached hydrogen (secondary N) is 1. The van der Waals surface area contributed by atoms with Crippen molar-refractivity contribution in [2.75, 3.05) is 18.8 Å². The highest BCUT2D eigenvalue weighted by molar-refractivity contribution is 7.99. The third-order valence-corrected chi connectivity index (χ3v) is 4.80. The number of amides is 1. The van der Waals surface area contributed by atoms with Crippen LogP contribution in [0.25, 0.3) is 11.4 Å². The summed E-state index contributed by atoms with van der Waals surface area (Å²) >= 11 is 1.38. The number of rotatable bonds is 4. The lowest BCUT2D eigenvalue weighted by Crippen LogP contribution is -2.43. The summed E-state index contributed by atoms with van der Waals surface area (Å²) in [5.41, 5.74) is 0.935. The molecule has 0 radical (unpaired) electrons. The first-order valence-corrected chi connectivity index (χ1v) is 8.83. The van der Waals surface area contributed by atoms with Crippen molar-refractivity contribution in [2.24, 2.45) is 11.8 Å². The van der Waals surface area contributed by atoms with Crippen LogP contribution >= 0.6 is 11.8 Å². The van der Waals surface area contributed by atoms with E-state index < -0.39 is 0 Å². The van der Waals surface area contributed by atoms with Crippen LogP contribution in [-0.4, -0.2) is 49.8 Å². The monoisotopic (exact) mass is 331 g/mol. The molecule has 7 heteroatoms. The van der Waals surface area contributed by atoms with Crippen molar-refractivity contribution >= 4 is 17.7 Å². The zero-order valence-electron chi connectivity index (χ0n) is 13.4. The molecule has 2 aromatic rings. The van der Waals surface area contributed by atoms with Crippen LogP contribution < -0.4 is 0 Å². The van der Waals surface area contributed by atoms with Crippen LogP contribution in [0.3, 0.4) is 0 Å². The molecule has 3 rings (SSSR count). The van der Waals surface area contributed by atoms with Crippen LogP contribution in [0.5, 0.6) is 0 Å². The molecule has 6 nitrogen and oxygen atoms in total. The standard InChI is InChI=1S/C16H21N5OS/c1-11-7-12(2)9-21(8-11)14(22)10-23-16-18-15(19-20-16)13-3-5-17-6-4-13/h3-6,11-12H,7-10H2,1-2H3,(H,18,19,20)/t11-,12-/m0/s1. The smallest absolute Gasteiger partial charge is 0.233 e. The van der Waals surface area contributed by atoms with E-state index in [0.717, 1.165) is 18.7 Å². The van der Waals surface area contributed by atoms with E-state index in [4.69, 9.17) is 0 Å². The number of carbonyl (C=O) groups excluding carboxylic acids is 1. The van der Waals surface area contributed by atoms with Crippen molar-refractivity contribution < 1.29 is 4.79 Å². The fourth-order valence-corrected chi connectivity index (χ4v) is 3.74. The number of H-pyrrole nitrogens is 1. The number of hydrogen-bond donors (Lipinski definition) is 1. The Balaban J connectivity index is 1.56. The zero-order chi connectivity index (χ0) is 16.2. The molecule has 0 unspecified atom stereocenters. The molecule has 2 atom stereocenters. The second-order valence-corrected chi connectivity index (χ2v) is 7.18. The molecule has 3 heterocycles. The maximum atomic E-state index is 12.4. The van der Waals surface area contributed by atoms with Crippen LogP contribution in [0.15, 0.2) is 29.7 Å². The predicted molar refractivity (Wildman–Crippen MR) is 89.9 cm³/mol. The Morgan fingerprint density at radius 1 is 1.30 bits per heavy atom. The number of nitrogens with zero attached hydrogens (tertiary/aromatic N) is 4. The van der Waals surface area contributed by atoms with E-state index in [0.29, 0.717) is 28.6 Å². The minimum atomic E-state index is 0.170. The molecular weight excluding hydrogens is 310 g/mol. The average molecular weight is 331 g/mol. The van der Waals surface area contributed by atoms with E-state index in [-0.39, 0.29) is 5.91 Å². The van der Waals surface area contributed by atoms with Crippen LogP contribution in [0.4, 0.5) is 0 Å². The number of pyridine rings is 1. The normalized spacial score (nSPS) is 21.4. The molecule has 1 aliphatic heterocycles. The largest absolute Gasteiger partial charge is 0.341 e. The van der Waals surface area contributed by atoms with E-state index in [9.17, 15) is 4.79 Å². The maximum Gasteiger partial charge on any atom is 0.233 e. The summed E-state index contributed by atoms with van der Waals surface area (Å²) in [5, 5.41) is 7.68. The molecule has 0 aliphatic carbocycles. The first-order valence-electron chi connectivity index (χ1n) is 7.85. The lowest BCUT2D eigenvalue weighted by Gasteiger charge is -2.34. The highest BCUT2D eigenvalue weighted by Crippen LogP contribution is 2.23. The van der Waals surface area contributed by atoms with Crippen LogP contribution in [0.1, 0.15) is 20.3 Å². The lowest BCUT2D eigenvalue weighted by molar-refractivity contribution is -0.130. The molecule has 0 saturated carbocycles. The van der Waals surface area contributed by atoms with E-state index in [1.54, 1.807) is 12.4 Å². The van der Waals surface area contributed by atoms with Crippen molar-refractivity contribution in [1.29, 1.82) is 0 Å². The molecule has 1 aliphatic rings. The molecule has 23 heavy (non-hydrogen) atoms. The van der Waals surface area contributed by atoms with Gasteiger partial charge in [-0.2, -0.15) is 0 Å². The first-order chi connectivity index (χ1) is 11.1. The summed E-state index contributed by atoms with van der Waals surface area (Å²) in [4.78, 5) is 22.8. The summed E-state index contributed by atoms with van der Waals surface area (Å²) in [7, 11) is 0. The van der Waals surface area contributed by atoms with Gasteiger partial charge in [0.1, 0.15) is 0 Å². The summed E-state index contributed by atoms with van der Waals surface area (Å²) in [5.74, 6) is 2.41. The highest BCUT2D eigenvalue weighted by Gasteiger charge is 2.25. The summed E-state index contributed by atoms with van der Waals surface area (Å²) in [6, 6.07) is 3.74. The van der Waals surface area contributed by atoms with Gasteiger partial charge in [0.25, 0.3) is 0 Å². The molecule has 1 fully saturated rings. The summed E-state index contributed by atoms with van der Waals surface area (Å²) < 4.78 is 0. The summed E-state index contributed by atoms with van der Waals surface area (Å²) in [6.45, 7) is 6.14. The van der Waals surface area contributed by atoms with E-state index >= 15 is 0 Å². The minimum absolute atomic E-state index is 0.170. The van der Waals surface area contributed by atoms with Gasteiger partial charge in [-0.1, -0.05) is 25.6 Å². The topological polar surface area (TPSA) is 74.8 Å². The Kier molecular flexibility index (Phi) is 4.95. The third kappa shape index (κ3) is 4.10. The fraction of sp³-hybridized carbons (Fsp3) is 0.500. The first kappa shape index (κ1) is 16.0. The van der Waals surface area contributed by atoms with Crippen molar-refractivity contribution in [3.63, 3.8) is 0 Å². The number of piperidine rings is 1. The van der Waals surface area contributed by atoms with Gasteiger partial charge in [0.05, 0.1) is 5.75 Å². The molecule has 1 N–H and O–H groups in total. The summed E-state index contributed by atoms with van der Waals surface area (Å²) in [6.07, 6.45) is 4.63. The Bertz CT molecular complexity index is 650. The van der Waals surface area contributed by atoms with Gasteiger partial charge in [0, 0.05) is 31.0 Å². The Morgan fingerprint density at radius 3 is 2.70 bits per heavy atom. The predicted octanol–water partition coefficient (Wildman–Crippen LogP) is 2.46. The van der Waals surface area contributed by atoms with Gasteiger partial charge in [-0.05, 0) is 30.4 Å². The number of thioether (sulfide) groups is 1. The van der Waals surface area contributed by atoms with Crippen molar-refractivity contribution in [2.45, 2.75) is 25.4 Å². The van der Waals surface area contributed by atoms with E-state index in [1.807, 2.05) is 17.0 Å². The SMILES string of the molecule is C[C@H]1C[C@H](C)CN(C(=O)CSc2n[nH]c(-c3ccncc3)n2)C1. The van der Waals surface area contributed by atoms with Gasteiger partial charge in [0.2, 0.25) is 11.1 Å². The highest BCUT2D eigenvalue weighted by atomic mass is 32.2. The van der Waals surface area contributed by atoms with Gasteiger partial charge in [-0.25, -0.2) is 4.98 Å². The Morgan fingerprint density at radius 2 is 2.00 bits per heavy atom.